The average molecular weight is 388 g/mol. The van der Waals surface area contributed by atoms with Gasteiger partial charge in [-0.3, -0.25) is 0 Å². The van der Waals surface area contributed by atoms with Crippen LogP contribution in [0.3, 0.4) is 0 Å². The molecule has 4 heteroatoms. The number of anilines is 1. The summed E-state index contributed by atoms with van der Waals surface area (Å²) in [7, 11) is 0. The second-order valence-electron chi connectivity index (χ2n) is 7.53. The van der Waals surface area contributed by atoms with Gasteiger partial charge in [0.2, 0.25) is 0 Å². The van der Waals surface area contributed by atoms with E-state index in [9.17, 15) is 0 Å². The first-order chi connectivity index (χ1) is 12.9. The van der Waals surface area contributed by atoms with Gasteiger partial charge in [0.15, 0.2) is 0 Å². The molecule has 0 spiro atoms. The summed E-state index contributed by atoms with van der Waals surface area (Å²) in [5.41, 5.74) is 4.41. The Morgan fingerprint density at radius 3 is 2.41 bits per heavy atom. The molecule has 0 bridgehead atoms. The van der Waals surface area contributed by atoms with Crippen molar-refractivity contribution in [3.8, 4) is 0 Å². The van der Waals surface area contributed by atoms with E-state index in [2.05, 4.69) is 68.1 Å². The summed E-state index contributed by atoms with van der Waals surface area (Å²) in [6, 6.07) is 2.32. The standard InChI is InChI=1S/C23H37N3S/c1-18(2)9-7-10-19(3)11-8-12-20(4)14-16-27-17-21(5)25-23-13-15-24-22(6)26-23/h9,11,13-15,21H,7-8,10,12,16-17H2,1-6H3,(H,24,25,26)/b19-11+,20-14+. The van der Waals surface area contributed by atoms with Gasteiger partial charge in [-0.25, -0.2) is 9.97 Å². The molecule has 0 aliphatic carbocycles. The van der Waals surface area contributed by atoms with E-state index in [1.54, 1.807) is 6.20 Å². The van der Waals surface area contributed by atoms with Crippen LogP contribution in [0.2, 0.25) is 0 Å². The number of aromatic nitrogens is 2. The van der Waals surface area contributed by atoms with Crippen LogP contribution in [0.5, 0.6) is 0 Å². The number of nitrogens with one attached hydrogen (secondary N) is 1. The molecule has 0 saturated heterocycles. The third-order valence-electron chi connectivity index (χ3n) is 4.21. The zero-order valence-corrected chi connectivity index (χ0v) is 18.8. The molecule has 1 aromatic rings. The Morgan fingerprint density at radius 2 is 1.74 bits per heavy atom. The van der Waals surface area contributed by atoms with Gasteiger partial charge in [0.1, 0.15) is 11.6 Å². The van der Waals surface area contributed by atoms with E-state index in [1.807, 2.05) is 24.8 Å². The number of nitrogens with zero attached hydrogens (tertiary/aromatic N) is 2. The quantitative estimate of drug-likeness (QED) is 0.318. The molecule has 1 rings (SSSR count). The Bertz CT molecular complexity index is 643. The summed E-state index contributed by atoms with van der Waals surface area (Å²) < 4.78 is 0. The minimum absolute atomic E-state index is 0.393. The first-order valence-corrected chi connectivity index (χ1v) is 11.1. The van der Waals surface area contributed by atoms with Crippen LogP contribution >= 0.6 is 11.8 Å². The maximum Gasteiger partial charge on any atom is 0.129 e. The lowest BCUT2D eigenvalue weighted by atomic mass is 10.1. The van der Waals surface area contributed by atoms with Gasteiger partial charge in [-0.05, 0) is 73.3 Å². The van der Waals surface area contributed by atoms with E-state index in [4.69, 9.17) is 0 Å². The van der Waals surface area contributed by atoms with Crippen LogP contribution in [0.4, 0.5) is 5.82 Å². The van der Waals surface area contributed by atoms with Crippen molar-refractivity contribution in [1.82, 2.24) is 9.97 Å². The van der Waals surface area contributed by atoms with Crippen LogP contribution < -0.4 is 5.32 Å². The SMILES string of the molecule is CC(C)=CCC/C(C)=C/CC/C(C)=C/CSCC(C)Nc1ccnc(C)n1. The Kier molecular flexibility index (Phi) is 11.8. The van der Waals surface area contributed by atoms with E-state index in [1.165, 1.54) is 23.1 Å². The van der Waals surface area contributed by atoms with Gasteiger partial charge in [0, 0.05) is 23.7 Å². The molecule has 0 aliphatic rings. The van der Waals surface area contributed by atoms with Crippen molar-refractivity contribution >= 4 is 17.6 Å². The fraction of sp³-hybridized carbons (Fsp3) is 0.565. The molecule has 1 atom stereocenters. The molecule has 0 saturated carbocycles. The second-order valence-corrected chi connectivity index (χ2v) is 8.61. The third kappa shape index (κ3) is 12.5. The summed E-state index contributed by atoms with van der Waals surface area (Å²) in [5.74, 6) is 3.86. The molecular weight excluding hydrogens is 350 g/mol. The molecule has 150 valence electrons. The Hall–Kier alpha value is -1.55. The molecule has 1 N–H and O–H groups in total. The van der Waals surface area contributed by atoms with E-state index in [-0.39, 0.29) is 0 Å². The molecule has 1 aromatic heterocycles. The highest BCUT2D eigenvalue weighted by Gasteiger charge is 2.03. The maximum absolute atomic E-state index is 4.39. The van der Waals surface area contributed by atoms with Crippen LogP contribution in [0.25, 0.3) is 0 Å². The first-order valence-electron chi connectivity index (χ1n) is 9.95. The van der Waals surface area contributed by atoms with E-state index in [0.717, 1.165) is 42.4 Å². The van der Waals surface area contributed by atoms with E-state index in [0.29, 0.717) is 6.04 Å². The van der Waals surface area contributed by atoms with Gasteiger partial charge in [-0.2, -0.15) is 11.8 Å². The lowest BCUT2D eigenvalue weighted by molar-refractivity contribution is 0.892. The summed E-state index contributed by atoms with van der Waals surface area (Å²) in [5, 5.41) is 3.44. The largest absolute Gasteiger partial charge is 0.367 e. The van der Waals surface area contributed by atoms with Crippen LogP contribution in [-0.2, 0) is 0 Å². The lowest BCUT2D eigenvalue weighted by Crippen LogP contribution is -2.19. The second kappa shape index (κ2) is 13.6. The van der Waals surface area contributed by atoms with Gasteiger partial charge in [-0.15, -0.1) is 0 Å². The zero-order chi connectivity index (χ0) is 20.1. The summed E-state index contributed by atoms with van der Waals surface area (Å²) in [6.07, 6.45) is 13.6. The molecule has 1 unspecified atom stereocenters. The predicted octanol–water partition coefficient (Wildman–Crippen LogP) is 6.74. The van der Waals surface area contributed by atoms with Gasteiger partial charge >= 0.3 is 0 Å². The Morgan fingerprint density at radius 1 is 1.07 bits per heavy atom. The lowest BCUT2D eigenvalue weighted by Gasteiger charge is -2.13. The van der Waals surface area contributed by atoms with Crippen molar-refractivity contribution in [2.24, 2.45) is 0 Å². The topological polar surface area (TPSA) is 37.8 Å². The minimum Gasteiger partial charge on any atom is -0.367 e. The van der Waals surface area contributed by atoms with Crippen molar-refractivity contribution < 1.29 is 0 Å². The van der Waals surface area contributed by atoms with Crippen LogP contribution in [-0.4, -0.2) is 27.5 Å². The van der Waals surface area contributed by atoms with Crippen LogP contribution in [0, 0.1) is 6.92 Å². The first kappa shape index (κ1) is 23.5. The fourth-order valence-electron chi connectivity index (χ4n) is 2.62. The van der Waals surface area contributed by atoms with E-state index >= 15 is 0 Å². The summed E-state index contributed by atoms with van der Waals surface area (Å²) >= 11 is 1.96. The highest BCUT2D eigenvalue weighted by molar-refractivity contribution is 7.99. The average Bonchev–Trinajstić information content (AvgIpc) is 2.58. The van der Waals surface area contributed by atoms with Crippen molar-refractivity contribution in [3.05, 3.63) is 53.0 Å². The number of hydrogen-bond acceptors (Lipinski definition) is 4. The molecule has 0 radical (unpaired) electrons. The third-order valence-corrected chi connectivity index (χ3v) is 5.35. The number of thioether (sulfide) groups is 1. The van der Waals surface area contributed by atoms with Crippen LogP contribution in [0.15, 0.2) is 47.2 Å². The Balaban J connectivity index is 2.19. The molecule has 0 aliphatic heterocycles. The smallest absolute Gasteiger partial charge is 0.129 e. The predicted molar refractivity (Wildman–Crippen MR) is 123 cm³/mol. The van der Waals surface area contributed by atoms with Crippen molar-refractivity contribution in [1.29, 1.82) is 0 Å². The van der Waals surface area contributed by atoms with Crippen molar-refractivity contribution in [2.45, 2.75) is 73.3 Å². The maximum atomic E-state index is 4.39. The normalized spacial score (nSPS) is 13.4. The Labute approximate surface area is 170 Å². The van der Waals surface area contributed by atoms with Gasteiger partial charge in [0.05, 0.1) is 0 Å². The molecule has 3 nitrogen and oxygen atoms in total. The van der Waals surface area contributed by atoms with Gasteiger partial charge in [0.25, 0.3) is 0 Å². The molecular formula is C23H37N3S. The molecule has 1 heterocycles. The van der Waals surface area contributed by atoms with Gasteiger partial charge < -0.3 is 5.32 Å². The van der Waals surface area contributed by atoms with Crippen molar-refractivity contribution in [2.75, 3.05) is 16.8 Å². The number of hydrogen-bond donors (Lipinski definition) is 1. The summed E-state index contributed by atoms with van der Waals surface area (Å²) in [4.78, 5) is 8.52. The highest BCUT2D eigenvalue weighted by Crippen LogP contribution is 2.13. The molecule has 0 fully saturated rings. The zero-order valence-electron chi connectivity index (χ0n) is 18.0. The number of allylic oxidation sites excluding steroid dienone is 5. The molecule has 0 aromatic carbocycles. The molecule has 0 amide bonds. The van der Waals surface area contributed by atoms with Crippen molar-refractivity contribution in [3.63, 3.8) is 0 Å². The summed E-state index contributed by atoms with van der Waals surface area (Å²) in [6.45, 7) is 12.9. The van der Waals surface area contributed by atoms with Gasteiger partial charge in [-0.1, -0.05) is 34.9 Å². The molecule has 27 heavy (non-hydrogen) atoms. The fourth-order valence-corrected chi connectivity index (χ4v) is 3.59. The van der Waals surface area contributed by atoms with Crippen LogP contribution in [0.1, 0.15) is 66.1 Å². The van der Waals surface area contributed by atoms with E-state index < -0.39 is 0 Å². The minimum atomic E-state index is 0.393. The highest BCUT2D eigenvalue weighted by atomic mass is 32.2. The number of rotatable bonds is 12. The monoisotopic (exact) mass is 387 g/mol. The number of aryl methyl sites for hydroxylation is 1.